The Labute approximate surface area is 120 Å². The molecule has 1 amide bonds. The van der Waals surface area contributed by atoms with Crippen LogP contribution >= 0.6 is 23.5 Å². The van der Waals surface area contributed by atoms with Gasteiger partial charge in [-0.25, -0.2) is 4.39 Å². The largest absolute Gasteiger partial charge is 0.351 e. The molecule has 0 saturated carbocycles. The van der Waals surface area contributed by atoms with E-state index in [9.17, 15) is 9.18 Å². The van der Waals surface area contributed by atoms with Gasteiger partial charge in [0.15, 0.2) is 0 Å². The third-order valence-electron chi connectivity index (χ3n) is 2.78. The summed E-state index contributed by atoms with van der Waals surface area (Å²) in [5.41, 5.74) is 2.50. The number of anilines is 1. The van der Waals surface area contributed by atoms with Crippen LogP contribution in [0.3, 0.4) is 0 Å². The van der Waals surface area contributed by atoms with Gasteiger partial charge in [0.2, 0.25) is 0 Å². The molecular weight excluding hydrogens is 285 g/mol. The lowest BCUT2D eigenvalue weighted by Crippen LogP contribution is -2.34. The van der Waals surface area contributed by atoms with Crippen LogP contribution in [0.2, 0.25) is 0 Å². The van der Waals surface area contributed by atoms with Crippen molar-refractivity contribution in [3.63, 3.8) is 0 Å². The second-order valence-corrected chi connectivity index (χ2v) is 6.64. The number of amides is 1. The average molecular weight is 301 g/mol. The quantitative estimate of drug-likeness (QED) is 0.583. The van der Waals surface area contributed by atoms with E-state index in [1.807, 2.05) is 23.5 Å². The van der Waals surface area contributed by atoms with Gasteiger partial charge >= 0.3 is 0 Å². The van der Waals surface area contributed by atoms with Gasteiger partial charge in [0.05, 0.1) is 11.3 Å². The van der Waals surface area contributed by atoms with Gasteiger partial charge in [0, 0.05) is 29.1 Å². The summed E-state index contributed by atoms with van der Waals surface area (Å²) in [6.45, 7) is 0.594. The van der Waals surface area contributed by atoms with Crippen molar-refractivity contribution in [1.29, 1.82) is 0 Å². The minimum absolute atomic E-state index is 0.0330. The SMILES string of the molecule is NNc1c(F)cccc1C(=O)NCC1CSCCS1. The van der Waals surface area contributed by atoms with Gasteiger partial charge in [0.1, 0.15) is 5.82 Å². The first-order valence-corrected chi connectivity index (χ1v) is 8.15. The van der Waals surface area contributed by atoms with Crippen LogP contribution in [0.1, 0.15) is 10.4 Å². The highest BCUT2D eigenvalue weighted by Crippen LogP contribution is 2.23. The van der Waals surface area contributed by atoms with E-state index in [0.29, 0.717) is 11.8 Å². The first-order chi connectivity index (χ1) is 9.22. The van der Waals surface area contributed by atoms with E-state index in [1.165, 1.54) is 17.9 Å². The molecule has 1 unspecified atom stereocenters. The van der Waals surface area contributed by atoms with Crippen molar-refractivity contribution in [3.8, 4) is 0 Å². The molecule has 1 aliphatic rings. The van der Waals surface area contributed by atoms with E-state index >= 15 is 0 Å². The molecule has 1 fully saturated rings. The smallest absolute Gasteiger partial charge is 0.253 e. The molecule has 0 radical (unpaired) electrons. The number of para-hydroxylation sites is 1. The molecule has 0 aliphatic carbocycles. The van der Waals surface area contributed by atoms with Crippen LogP contribution < -0.4 is 16.6 Å². The van der Waals surface area contributed by atoms with E-state index < -0.39 is 5.82 Å². The topological polar surface area (TPSA) is 67.1 Å². The van der Waals surface area contributed by atoms with Gasteiger partial charge < -0.3 is 10.7 Å². The number of nitrogen functional groups attached to an aromatic ring is 1. The molecule has 4 nitrogen and oxygen atoms in total. The lowest BCUT2D eigenvalue weighted by molar-refractivity contribution is 0.0954. The lowest BCUT2D eigenvalue weighted by Gasteiger charge is -2.21. The number of thioether (sulfide) groups is 2. The Balaban J connectivity index is 1.97. The third-order valence-corrected chi connectivity index (χ3v) is 5.62. The highest BCUT2D eigenvalue weighted by Gasteiger charge is 2.18. The summed E-state index contributed by atoms with van der Waals surface area (Å²) >= 11 is 3.76. The van der Waals surface area contributed by atoms with E-state index in [2.05, 4.69) is 10.7 Å². The molecule has 1 heterocycles. The second-order valence-electron chi connectivity index (χ2n) is 4.08. The van der Waals surface area contributed by atoms with Crippen molar-refractivity contribution >= 4 is 35.1 Å². The van der Waals surface area contributed by atoms with E-state index in [-0.39, 0.29) is 17.2 Å². The fourth-order valence-corrected chi connectivity index (χ4v) is 4.43. The number of carbonyl (C=O) groups excluding carboxylic acids is 1. The molecule has 1 aliphatic heterocycles. The number of carbonyl (C=O) groups is 1. The Morgan fingerprint density at radius 1 is 1.47 bits per heavy atom. The maximum absolute atomic E-state index is 13.5. The standard InChI is InChI=1S/C12H16FN3OS2/c13-10-3-1-2-9(11(10)16-14)12(17)15-6-8-7-18-4-5-19-8/h1-3,8,16H,4-7,14H2,(H,15,17). The van der Waals surface area contributed by atoms with E-state index in [1.54, 1.807) is 6.07 Å². The van der Waals surface area contributed by atoms with E-state index in [4.69, 9.17) is 5.84 Å². The van der Waals surface area contributed by atoms with Gasteiger partial charge in [-0.05, 0) is 12.1 Å². The molecule has 4 N–H and O–H groups in total. The Hall–Kier alpha value is -0.920. The predicted molar refractivity (Wildman–Crippen MR) is 80.1 cm³/mol. The fourth-order valence-electron chi connectivity index (χ4n) is 1.82. The molecule has 0 bridgehead atoms. The van der Waals surface area contributed by atoms with Crippen LogP contribution in [0.4, 0.5) is 10.1 Å². The van der Waals surface area contributed by atoms with Gasteiger partial charge in [-0.3, -0.25) is 10.6 Å². The number of rotatable bonds is 4. The van der Waals surface area contributed by atoms with Crippen molar-refractivity contribution in [2.45, 2.75) is 5.25 Å². The zero-order valence-electron chi connectivity index (χ0n) is 10.3. The number of nitrogens with one attached hydrogen (secondary N) is 2. The normalized spacial score (nSPS) is 18.9. The summed E-state index contributed by atoms with van der Waals surface area (Å²) in [4.78, 5) is 12.0. The summed E-state index contributed by atoms with van der Waals surface area (Å²) in [6, 6.07) is 4.31. The van der Waals surface area contributed by atoms with Gasteiger partial charge in [-0.15, -0.1) is 0 Å². The second kappa shape index (κ2) is 7.02. The van der Waals surface area contributed by atoms with Crippen molar-refractivity contribution in [2.24, 2.45) is 5.84 Å². The van der Waals surface area contributed by atoms with Gasteiger partial charge in [-0.2, -0.15) is 23.5 Å². The molecule has 0 spiro atoms. The molecule has 1 saturated heterocycles. The number of hydrogen-bond donors (Lipinski definition) is 3. The summed E-state index contributed by atoms with van der Waals surface area (Å²) in [5.74, 6) is 7.74. The monoisotopic (exact) mass is 301 g/mol. The Morgan fingerprint density at radius 2 is 2.32 bits per heavy atom. The molecule has 2 rings (SSSR count). The molecular formula is C12H16FN3OS2. The van der Waals surface area contributed by atoms with Gasteiger partial charge in [0.25, 0.3) is 5.91 Å². The number of hydrogen-bond acceptors (Lipinski definition) is 5. The summed E-state index contributed by atoms with van der Waals surface area (Å²) in [5, 5.41) is 3.26. The highest BCUT2D eigenvalue weighted by atomic mass is 32.2. The molecule has 19 heavy (non-hydrogen) atoms. The van der Waals surface area contributed by atoms with Crippen LogP contribution in [-0.2, 0) is 0 Å². The molecule has 1 aromatic rings. The van der Waals surface area contributed by atoms with E-state index in [0.717, 1.165) is 11.5 Å². The predicted octanol–water partition coefficient (Wildman–Crippen LogP) is 1.69. The Morgan fingerprint density at radius 3 is 3.00 bits per heavy atom. The van der Waals surface area contributed by atoms with Crippen LogP contribution in [0.5, 0.6) is 0 Å². The van der Waals surface area contributed by atoms with Crippen molar-refractivity contribution in [1.82, 2.24) is 5.32 Å². The molecule has 104 valence electrons. The number of nitrogens with two attached hydrogens (primary N) is 1. The maximum Gasteiger partial charge on any atom is 0.253 e. The molecule has 1 aromatic carbocycles. The Kier molecular flexibility index (Phi) is 5.35. The van der Waals surface area contributed by atoms with Crippen molar-refractivity contribution in [3.05, 3.63) is 29.6 Å². The average Bonchev–Trinajstić information content (AvgIpc) is 2.45. The van der Waals surface area contributed by atoms with Crippen LogP contribution in [-0.4, -0.2) is 35.0 Å². The maximum atomic E-state index is 13.5. The molecule has 1 atom stereocenters. The number of benzene rings is 1. The molecule has 7 heteroatoms. The van der Waals surface area contributed by atoms with Crippen LogP contribution in [0, 0.1) is 5.82 Å². The van der Waals surface area contributed by atoms with Gasteiger partial charge in [-0.1, -0.05) is 6.07 Å². The number of halogens is 1. The zero-order valence-corrected chi connectivity index (χ0v) is 12.0. The van der Waals surface area contributed by atoms with Crippen molar-refractivity contribution < 1.29 is 9.18 Å². The summed E-state index contributed by atoms with van der Waals surface area (Å²) in [7, 11) is 0. The third kappa shape index (κ3) is 3.77. The lowest BCUT2D eigenvalue weighted by atomic mass is 10.1. The first kappa shape index (κ1) is 14.5. The van der Waals surface area contributed by atoms with Crippen molar-refractivity contribution in [2.75, 3.05) is 29.2 Å². The minimum atomic E-state index is -0.530. The van der Waals surface area contributed by atoms with Crippen LogP contribution in [0.25, 0.3) is 0 Å². The Bertz CT molecular complexity index is 453. The summed E-state index contributed by atoms with van der Waals surface area (Å²) in [6.07, 6.45) is 0. The first-order valence-electron chi connectivity index (χ1n) is 5.95. The van der Waals surface area contributed by atoms with Crippen LogP contribution in [0.15, 0.2) is 18.2 Å². The minimum Gasteiger partial charge on any atom is -0.351 e. The highest BCUT2D eigenvalue weighted by molar-refractivity contribution is 8.06. The summed E-state index contributed by atoms with van der Waals surface area (Å²) < 4.78 is 13.5. The zero-order chi connectivity index (χ0) is 13.7. The molecule has 0 aromatic heterocycles. The number of hydrazine groups is 1. The fraction of sp³-hybridized carbons (Fsp3) is 0.417.